The van der Waals surface area contributed by atoms with E-state index < -0.39 is 58.4 Å². The van der Waals surface area contributed by atoms with Gasteiger partial charge in [-0.25, -0.2) is 4.39 Å². The molecule has 4 rings (SSSR count). The minimum Gasteiger partial charge on any atom is -0.458 e. The monoisotopic (exact) mass is 476 g/mol. The number of ketones is 2. The number of hydrogen-bond donors (Lipinski definition) is 2. The fourth-order valence-corrected chi connectivity index (χ4v) is 7.79. The maximum atomic E-state index is 17.1. The number of allylic oxidation sites excluding steroid dienone is 4. The van der Waals surface area contributed by atoms with E-state index in [1.54, 1.807) is 26.8 Å². The van der Waals surface area contributed by atoms with Gasteiger partial charge in [0.15, 0.2) is 18.1 Å². The number of rotatable bonds is 6. The van der Waals surface area contributed by atoms with Crippen molar-refractivity contribution in [2.45, 2.75) is 90.0 Å². The number of hydrogen-bond acceptors (Lipinski definition) is 6. The fraction of sp³-hybridized carbons (Fsp3) is 0.741. The average molecular weight is 477 g/mol. The van der Waals surface area contributed by atoms with Crippen LogP contribution in [-0.4, -0.2) is 51.7 Å². The largest absolute Gasteiger partial charge is 0.458 e. The third kappa shape index (κ3) is 3.22. The number of esters is 1. The minimum absolute atomic E-state index is 0.0916. The van der Waals surface area contributed by atoms with Gasteiger partial charge in [-0.05, 0) is 63.0 Å². The molecule has 8 atom stereocenters. The Morgan fingerprint density at radius 2 is 1.97 bits per heavy atom. The van der Waals surface area contributed by atoms with E-state index in [0.29, 0.717) is 31.3 Å². The van der Waals surface area contributed by atoms with Gasteiger partial charge >= 0.3 is 5.97 Å². The molecular formula is C27H37FO6. The highest BCUT2D eigenvalue weighted by Gasteiger charge is 2.75. The lowest BCUT2D eigenvalue weighted by atomic mass is 9.44. The quantitative estimate of drug-likeness (QED) is 0.568. The lowest BCUT2D eigenvalue weighted by Crippen LogP contribution is -2.69. The van der Waals surface area contributed by atoms with Crippen LogP contribution in [0.2, 0.25) is 0 Å². The number of aliphatic hydroxyl groups is 2. The number of carbonyl (C=O) groups excluding carboxylic acids is 3. The Balaban J connectivity index is 1.65. The first-order valence-corrected chi connectivity index (χ1v) is 12.6. The maximum absolute atomic E-state index is 17.1. The summed E-state index contributed by atoms with van der Waals surface area (Å²) in [5.74, 6) is -2.64. The summed E-state index contributed by atoms with van der Waals surface area (Å²) in [6.45, 7) is 6.72. The Kier molecular flexibility index (Phi) is 6.21. The summed E-state index contributed by atoms with van der Waals surface area (Å²) in [6.07, 6.45) is 6.03. The Morgan fingerprint density at radius 1 is 1.26 bits per heavy atom. The van der Waals surface area contributed by atoms with E-state index in [9.17, 15) is 24.6 Å². The summed E-state index contributed by atoms with van der Waals surface area (Å²) in [5, 5.41) is 23.2. The molecule has 0 aromatic rings. The highest BCUT2D eigenvalue weighted by molar-refractivity contribution is 6.01. The SMILES string of the molecule is CCCCC(=O)OCC(=O)[C@@]1(O)C(C)C[C@H]2[C@@H]3CCC4=CC(=O)C=C[C@]4(C)C3(F)C(O)C[C@@]21C. The number of carbonyl (C=O) groups is 3. The Bertz CT molecular complexity index is 957. The topological polar surface area (TPSA) is 101 Å². The summed E-state index contributed by atoms with van der Waals surface area (Å²) in [7, 11) is 0. The highest BCUT2D eigenvalue weighted by atomic mass is 19.1. The molecule has 0 saturated heterocycles. The Morgan fingerprint density at radius 3 is 2.65 bits per heavy atom. The second kappa shape index (κ2) is 8.37. The van der Waals surface area contributed by atoms with Crippen LogP contribution in [0.1, 0.15) is 72.6 Å². The molecule has 0 aliphatic heterocycles. The number of ether oxygens (including phenoxy) is 1. The molecular weight excluding hydrogens is 439 g/mol. The number of unbranched alkanes of at least 4 members (excludes halogenated alkanes) is 1. The van der Waals surface area contributed by atoms with Crippen LogP contribution < -0.4 is 0 Å². The molecule has 188 valence electrons. The molecule has 34 heavy (non-hydrogen) atoms. The molecule has 4 aliphatic carbocycles. The molecule has 4 aliphatic rings. The molecule has 0 heterocycles. The van der Waals surface area contributed by atoms with Gasteiger partial charge in [-0.15, -0.1) is 0 Å². The molecule has 0 radical (unpaired) electrons. The van der Waals surface area contributed by atoms with E-state index in [-0.39, 0.29) is 24.5 Å². The molecule has 6 nitrogen and oxygen atoms in total. The van der Waals surface area contributed by atoms with E-state index in [4.69, 9.17) is 4.74 Å². The van der Waals surface area contributed by atoms with Crippen molar-refractivity contribution in [2.75, 3.05) is 6.61 Å². The predicted molar refractivity (Wildman–Crippen MR) is 123 cm³/mol. The molecule has 3 fully saturated rings. The van der Waals surface area contributed by atoms with Crippen molar-refractivity contribution in [3.05, 3.63) is 23.8 Å². The smallest absolute Gasteiger partial charge is 0.306 e. The maximum Gasteiger partial charge on any atom is 0.306 e. The van der Waals surface area contributed by atoms with Gasteiger partial charge in [0.2, 0.25) is 5.78 Å². The van der Waals surface area contributed by atoms with E-state index >= 15 is 4.39 Å². The molecule has 0 aromatic carbocycles. The lowest BCUT2D eigenvalue weighted by Gasteiger charge is -2.62. The van der Waals surface area contributed by atoms with Gasteiger partial charge in [0.05, 0.1) is 6.10 Å². The van der Waals surface area contributed by atoms with Crippen molar-refractivity contribution in [1.82, 2.24) is 0 Å². The number of aliphatic hydroxyl groups excluding tert-OH is 1. The van der Waals surface area contributed by atoms with Crippen molar-refractivity contribution in [3.63, 3.8) is 0 Å². The first kappa shape index (κ1) is 25.2. The van der Waals surface area contributed by atoms with Crippen molar-refractivity contribution in [2.24, 2.45) is 28.6 Å². The molecule has 3 saturated carbocycles. The number of alkyl halides is 1. The third-order valence-corrected chi connectivity index (χ3v) is 9.75. The normalized spacial score (nSPS) is 45.1. The van der Waals surface area contributed by atoms with E-state index in [1.165, 1.54) is 12.2 Å². The van der Waals surface area contributed by atoms with Crippen LogP contribution in [0, 0.1) is 28.6 Å². The molecule has 2 N–H and O–H groups in total. The summed E-state index contributed by atoms with van der Waals surface area (Å²) in [5.41, 5.74) is -5.34. The zero-order valence-electron chi connectivity index (χ0n) is 20.6. The van der Waals surface area contributed by atoms with E-state index in [1.807, 2.05) is 6.92 Å². The van der Waals surface area contributed by atoms with Crippen molar-refractivity contribution < 1.29 is 33.7 Å². The molecule has 0 aromatic heterocycles. The van der Waals surface area contributed by atoms with Gasteiger partial charge < -0.3 is 14.9 Å². The molecule has 7 heteroatoms. The van der Waals surface area contributed by atoms with Crippen LogP contribution in [0.3, 0.4) is 0 Å². The number of Topliss-reactive ketones (excluding diaryl/α,β-unsaturated/α-hetero) is 1. The van der Waals surface area contributed by atoms with E-state index in [2.05, 4.69) is 0 Å². The van der Waals surface area contributed by atoms with Crippen LogP contribution in [0.15, 0.2) is 23.8 Å². The molecule has 0 spiro atoms. The first-order valence-electron chi connectivity index (χ1n) is 12.6. The molecule has 0 amide bonds. The van der Waals surface area contributed by atoms with Crippen LogP contribution in [0.5, 0.6) is 0 Å². The van der Waals surface area contributed by atoms with Gasteiger partial charge in [-0.1, -0.05) is 38.8 Å². The van der Waals surface area contributed by atoms with Crippen molar-refractivity contribution in [3.8, 4) is 0 Å². The highest BCUT2D eigenvalue weighted by Crippen LogP contribution is 2.70. The third-order valence-electron chi connectivity index (χ3n) is 9.75. The van der Waals surface area contributed by atoms with Gasteiger partial charge in [-0.2, -0.15) is 0 Å². The second-order valence-electron chi connectivity index (χ2n) is 11.4. The van der Waals surface area contributed by atoms with Crippen LogP contribution >= 0.6 is 0 Å². The number of halogens is 1. The van der Waals surface area contributed by atoms with Gasteiger partial charge in [-0.3, -0.25) is 14.4 Å². The second-order valence-corrected chi connectivity index (χ2v) is 11.4. The fourth-order valence-electron chi connectivity index (χ4n) is 7.79. The number of fused-ring (bicyclic) bond motifs is 5. The Hall–Kier alpha value is -1.86. The van der Waals surface area contributed by atoms with E-state index in [0.717, 1.165) is 6.42 Å². The standard InChI is InChI=1S/C27H37FO6/c1-5-6-7-23(32)34-15-22(31)27(33)16(2)12-20-19-9-8-17-13-18(29)10-11-24(17,3)26(19,28)21(30)14-25(20,27)4/h10-11,13,16,19-21,30,33H,5-9,12,14-15H2,1-4H3/t16?,19-,20-,21?,24-,25-,26?,27-/m0/s1. The van der Waals surface area contributed by atoms with Gasteiger partial charge in [0.1, 0.15) is 5.60 Å². The molecule has 3 unspecified atom stereocenters. The Labute approximate surface area is 200 Å². The summed E-state index contributed by atoms with van der Waals surface area (Å²) in [6, 6.07) is 0. The summed E-state index contributed by atoms with van der Waals surface area (Å²) < 4.78 is 22.3. The first-order chi connectivity index (χ1) is 15.9. The zero-order chi connectivity index (χ0) is 25.1. The lowest BCUT2D eigenvalue weighted by molar-refractivity contribution is -0.220. The van der Waals surface area contributed by atoms with Crippen LogP contribution in [0.4, 0.5) is 4.39 Å². The van der Waals surface area contributed by atoms with Crippen LogP contribution in [0.25, 0.3) is 0 Å². The average Bonchev–Trinajstić information content (AvgIpc) is 2.99. The van der Waals surface area contributed by atoms with Crippen molar-refractivity contribution >= 4 is 17.5 Å². The predicted octanol–water partition coefficient (Wildman–Crippen LogP) is 3.64. The van der Waals surface area contributed by atoms with Gasteiger partial charge in [0.25, 0.3) is 0 Å². The van der Waals surface area contributed by atoms with Crippen molar-refractivity contribution in [1.29, 1.82) is 0 Å². The van der Waals surface area contributed by atoms with Crippen LogP contribution in [-0.2, 0) is 19.1 Å². The summed E-state index contributed by atoms with van der Waals surface area (Å²) in [4.78, 5) is 37.2. The molecule has 0 bridgehead atoms. The minimum atomic E-state index is -2.01. The summed E-state index contributed by atoms with van der Waals surface area (Å²) >= 11 is 0. The van der Waals surface area contributed by atoms with Gasteiger partial charge in [0, 0.05) is 23.2 Å². The zero-order valence-corrected chi connectivity index (χ0v) is 20.6.